The lowest BCUT2D eigenvalue weighted by Gasteiger charge is -2.22. The van der Waals surface area contributed by atoms with Crippen molar-refractivity contribution in [2.24, 2.45) is 0 Å². The van der Waals surface area contributed by atoms with Crippen LogP contribution in [0.25, 0.3) is 11.0 Å². The van der Waals surface area contributed by atoms with Crippen LogP contribution in [0, 0.1) is 12.7 Å². The maximum atomic E-state index is 14.2. The van der Waals surface area contributed by atoms with Gasteiger partial charge in [0, 0.05) is 17.8 Å². The van der Waals surface area contributed by atoms with E-state index >= 15 is 0 Å². The van der Waals surface area contributed by atoms with Gasteiger partial charge in [-0.1, -0.05) is 0 Å². The predicted octanol–water partition coefficient (Wildman–Crippen LogP) is 3.45. The Morgan fingerprint density at radius 1 is 1.16 bits per heavy atom. The van der Waals surface area contributed by atoms with Gasteiger partial charge in [-0.3, -0.25) is 9.78 Å². The molecular formula is C21H17BrFN7O. The van der Waals surface area contributed by atoms with Crippen molar-refractivity contribution in [3.05, 3.63) is 81.7 Å². The van der Waals surface area contributed by atoms with E-state index < -0.39 is 5.82 Å². The number of nitrogens with zero attached hydrogens (tertiary/aromatic N) is 6. The highest BCUT2D eigenvalue weighted by Gasteiger charge is 2.21. The fourth-order valence-electron chi connectivity index (χ4n) is 3.02. The van der Waals surface area contributed by atoms with Gasteiger partial charge in [-0.2, -0.15) is 5.10 Å². The van der Waals surface area contributed by atoms with Gasteiger partial charge in [0.25, 0.3) is 5.91 Å². The summed E-state index contributed by atoms with van der Waals surface area (Å²) in [6, 6.07) is 9.79. The minimum absolute atomic E-state index is 0.0414. The van der Waals surface area contributed by atoms with Gasteiger partial charge in [0.1, 0.15) is 16.2 Å². The monoisotopic (exact) mass is 481 g/mol. The number of nitrogens with two attached hydrogens (primary N) is 1. The molecule has 2 N–H and O–H groups in total. The third-order valence-electron chi connectivity index (χ3n) is 4.65. The average Bonchev–Trinajstić information content (AvgIpc) is 2.76. The predicted molar refractivity (Wildman–Crippen MR) is 116 cm³/mol. The lowest BCUT2D eigenvalue weighted by Crippen LogP contribution is -2.31. The smallest absolute Gasteiger partial charge is 0.256 e. The summed E-state index contributed by atoms with van der Waals surface area (Å²) in [5.74, 6) is -0.451. The van der Waals surface area contributed by atoms with Crippen LogP contribution in [0.15, 0.2) is 53.4 Å². The number of halogens is 2. The van der Waals surface area contributed by atoms with Crippen LogP contribution in [0.3, 0.4) is 0 Å². The topological polar surface area (TPSA) is 111 Å². The van der Waals surface area contributed by atoms with Crippen molar-refractivity contribution >= 4 is 38.7 Å². The van der Waals surface area contributed by atoms with Gasteiger partial charge < -0.3 is 10.6 Å². The van der Waals surface area contributed by atoms with Crippen molar-refractivity contribution in [1.29, 1.82) is 0 Å². The first kappa shape index (κ1) is 20.7. The van der Waals surface area contributed by atoms with Gasteiger partial charge in [-0.15, -0.1) is 5.10 Å². The number of carbonyl (C=O) groups is 1. The molecule has 8 nitrogen and oxygen atoms in total. The van der Waals surface area contributed by atoms with E-state index in [1.807, 2.05) is 13.0 Å². The second-order valence-electron chi connectivity index (χ2n) is 6.90. The van der Waals surface area contributed by atoms with Gasteiger partial charge in [0.2, 0.25) is 0 Å². The van der Waals surface area contributed by atoms with Crippen LogP contribution in [0.5, 0.6) is 0 Å². The summed E-state index contributed by atoms with van der Waals surface area (Å²) in [4.78, 5) is 27.4. The summed E-state index contributed by atoms with van der Waals surface area (Å²) in [5, 5.41) is 8.72. The molecule has 0 aliphatic heterocycles. The first-order valence-corrected chi connectivity index (χ1v) is 10.1. The molecule has 0 saturated heterocycles. The number of aryl methyl sites for hydroxylation is 1. The molecule has 4 aromatic rings. The third-order valence-corrected chi connectivity index (χ3v) is 5.07. The lowest BCUT2D eigenvalue weighted by molar-refractivity contribution is 0.0723. The van der Waals surface area contributed by atoms with E-state index in [-0.39, 0.29) is 24.7 Å². The van der Waals surface area contributed by atoms with E-state index in [1.54, 1.807) is 18.2 Å². The Kier molecular flexibility index (Phi) is 5.81. The van der Waals surface area contributed by atoms with Crippen LogP contribution in [0.2, 0.25) is 0 Å². The number of fused-ring (bicyclic) bond motifs is 1. The van der Waals surface area contributed by atoms with Crippen LogP contribution in [0.4, 0.5) is 10.2 Å². The van der Waals surface area contributed by atoms with Crippen LogP contribution in [-0.2, 0) is 13.1 Å². The van der Waals surface area contributed by atoms with E-state index in [0.29, 0.717) is 32.7 Å². The Morgan fingerprint density at radius 3 is 2.74 bits per heavy atom. The SMILES string of the molecule is Cc1cc2cc(C(=O)N(Cc3ccc(Br)nn3)Cc3ncccc3F)cnc2nc1N. The second-order valence-corrected chi connectivity index (χ2v) is 7.71. The molecule has 0 aromatic carbocycles. The van der Waals surface area contributed by atoms with E-state index in [2.05, 4.69) is 41.1 Å². The zero-order valence-electron chi connectivity index (χ0n) is 16.5. The third kappa shape index (κ3) is 4.64. The summed E-state index contributed by atoms with van der Waals surface area (Å²) >= 11 is 3.24. The van der Waals surface area contributed by atoms with Crippen molar-refractivity contribution < 1.29 is 9.18 Å². The Hall–Kier alpha value is -3.53. The molecule has 4 rings (SSSR count). The molecule has 0 atom stereocenters. The molecule has 1 amide bonds. The number of amides is 1. The summed E-state index contributed by atoms with van der Waals surface area (Å²) in [5.41, 5.74) is 8.11. The lowest BCUT2D eigenvalue weighted by atomic mass is 10.1. The zero-order valence-corrected chi connectivity index (χ0v) is 18.0. The molecule has 4 heterocycles. The number of aromatic nitrogens is 5. The van der Waals surface area contributed by atoms with Gasteiger partial charge in [-0.25, -0.2) is 14.4 Å². The minimum Gasteiger partial charge on any atom is -0.383 e. The zero-order chi connectivity index (χ0) is 22.0. The normalized spacial score (nSPS) is 10.9. The molecule has 0 radical (unpaired) electrons. The molecule has 0 aliphatic rings. The highest BCUT2D eigenvalue weighted by atomic mass is 79.9. The average molecular weight is 482 g/mol. The summed E-state index contributed by atoms with van der Waals surface area (Å²) in [6.45, 7) is 1.91. The van der Waals surface area contributed by atoms with E-state index in [4.69, 9.17) is 5.73 Å². The van der Waals surface area contributed by atoms with E-state index in [0.717, 1.165) is 5.56 Å². The summed E-state index contributed by atoms with van der Waals surface area (Å²) in [6.07, 6.45) is 2.92. The quantitative estimate of drug-likeness (QED) is 0.464. The molecule has 0 bridgehead atoms. The first-order valence-electron chi connectivity index (χ1n) is 9.30. The number of hydrogen-bond acceptors (Lipinski definition) is 7. The van der Waals surface area contributed by atoms with Crippen molar-refractivity contribution in [3.8, 4) is 0 Å². The molecule has 10 heteroatoms. The Morgan fingerprint density at radius 2 is 2.00 bits per heavy atom. The van der Waals surface area contributed by atoms with E-state index in [9.17, 15) is 9.18 Å². The molecule has 0 saturated carbocycles. The van der Waals surface area contributed by atoms with Crippen LogP contribution >= 0.6 is 15.9 Å². The van der Waals surface area contributed by atoms with Crippen LogP contribution in [-0.4, -0.2) is 36.0 Å². The molecule has 0 spiro atoms. The maximum Gasteiger partial charge on any atom is 0.256 e. The number of carbonyl (C=O) groups excluding carboxylic acids is 1. The molecule has 0 unspecified atom stereocenters. The fourth-order valence-corrected chi connectivity index (χ4v) is 3.23. The number of anilines is 1. The minimum atomic E-state index is -0.492. The molecule has 156 valence electrons. The molecule has 0 aliphatic carbocycles. The second kappa shape index (κ2) is 8.68. The Labute approximate surface area is 185 Å². The van der Waals surface area contributed by atoms with Crippen molar-refractivity contribution in [2.45, 2.75) is 20.0 Å². The largest absolute Gasteiger partial charge is 0.383 e. The standard InChI is InChI=1S/C21H17BrFN7O/c1-12-7-13-8-14(9-26-20(13)27-19(12)24)21(31)30(10-15-4-5-18(22)29-28-15)11-17-16(23)3-2-6-25-17/h2-9H,10-11H2,1H3,(H2,24,26,27). The van der Waals surface area contributed by atoms with Crippen LogP contribution < -0.4 is 5.73 Å². The van der Waals surface area contributed by atoms with Crippen molar-refractivity contribution in [3.63, 3.8) is 0 Å². The molecule has 0 fully saturated rings. The Bertz CT molecular complexity index is 1270. The number of nitrogen functional groups attached to an aromatic ring is 1. The molecule has 4 aromatic heterocycles. The van der Waals surface area contributed by atoms with E-state index in [1.165, 1.54) is 29.4 Å². The Balaban J connectivity index is 1.70. The maximum absolute atomic E-state index is 14.2. The fraction of sp³-hybridized carbons (Fsp3) is 0.143. The molecule has 31 heavy (non-hydrogen) atoms. The summed E-state index contributed by atoms with van der Waals surface area (Å²) in [7, 11) is 0. The van der Waals surface area contributed by atoms with Gasteiger partial charge in [0.15, 0.2) is 5.65 Å². The highest BCUT2D eigenvalue weighted by molar-refractivity contribution is 9.10. The summed E-state index contributed by atoms with van der Waals surface area (Å²) < 4.78 is 14.8. The molecular weight excluding hydrogens is 465 g/mol. The first-order chi connectivity index (χ1) is 14.9. The van der Waals surface area contributed by atoms with Gasteiger partial charge in [0.05, 0.1) is 30.0 Å². The highest BCUT2D eigenvalue weighted by Crippen LogP contribution is 2.20. The van der Waals surface area contributed by atoms with Gasteiger partial charge in [-0.05, 0) is 64.8 Å². The van der Waals surface area contributed by atoms with Crippen molar-refractivity contribution in [1.82, 2.24) is 30.0 Å². The number of hydrogen-bond donors (Lipinski definition) is 1. The van der Waals surface area contributed by atoms with Gasteiger partial charge >= 0.3 is 0 Å². The number of pyridine rings is 3. The van der Waals surface area contributed by atoms with Crippen molar-refractivity contribution in [2.75, 3.05) is 5.73 Å². The number of rotatable bonds is 5. The van der Waals surface area contributed by atoms with Crippen LogP contribution in [0.1, 0.15) is 27.3 Å².